The SMILES string of the molecule is C=CC1CC1(NC(=O)C1CC2(CN1C(=O)C(NC(=O)C(NC(=O)C1CCCCN1C(C)C)C1(C)CCCCC1)C1(C)CCOCC1)C(C)(C)C21CCC1)C(=O)NS(=O)(=O)C(C)C1CCCCC1. The molecule has 3 saturated heterocycles. The lowest BCUT2D eigenvalue weighted by Crippen LogP contribution is -2.65. The highest BCUT2D eigenvalue weighted by atomic mass is 32.2. The average molecular weight is 953 g/mol. The summed E-state index contributed by atoms with van der Waals surface area (Å²) in [5, 5.41) is 8.90. The van der Waals surface area contributed by atoms with Crippen molar-refractivity contribution in [2.24, 2.45) is 38.9 Å². The summed E-state index contributed by atoms with van der Waals surface area (Å²) in [5.74, 6) is -2.67. The Morgan fingerprint density at radius 2 is 1.33 bits per heavy atom. The van der Waals surface area contributed by atoms with E-state index in [0.717, 1.165) is 109 Å². The highest BCUT2D eigenvalue weighted by Gasteiger charge is 2.85. The number of rotatable bonds is 15. The van der Waals surface area contributed by atoms with Crippen LogP contribution in [0.15, 0.2) is 12.7 Å². The van der Waals surface area contributed by atoms with Gasteiger partial charge in [0, 0.05) is 42.5 Å². The van der Waals surface area contributed by atoms with Crippen LogP contribution in [0.3, 0.4) is 0 Å². The third-order valence-corrected chi connectivity index (χ3v) is 21.9. The largest absolute Gasteiger partial charge is 0.381 e. The van der Waals surface area contributed by atoms with Crippen LogP contribution in [-0.4, -0.2) is 115 Å². The molecule has 0 aromatic rings. The van der Waals surface area contributed by atoms with Gasteiger partial charge < -0.3 is 25.6 Å². The van der Waals surface area contributed by atoms with Crippen molar-refractivity contribution in [3.63, 3.8) is 0 Å². The number of amides is 5. The van der Waals surface area contributed by atoms with E-state index in [0.29, 0.717) is 39.0 Å². The summed E-state index contributed by atoms with van der Waals surface area (Å²) in [6, 6.07) is -3.06. The van der Waals surface area contributed by atoms with Crippen molar-refractivity contribution in [2.75, 3.05) is 26.3 Å². The van der Waals surface area contributed by atoms with E-state index in [9.17, 15) is 18.0 Å². The lowest BCUT2D eigenvalue weighted by atomic mass is 9.69. The second-order valence-corrected chi connectivity index (χ2v) is 26.2. The van der Waals surface area contributed by atoms with Gasteiger partial charge in [-0.25, -0.2) is 8.42 Å². The zero-order valence-corrected chi connectivity index (χ0v) is 42.8. The number of carbonyl (C=O) groups excluding carboxylic acids is 5. The van der Waals surface area contributed by atoms with E-state index in [1.165, 1.54) is 0 Å². The topological polar surface area (TPSA) is 183 Å². The first kappa shape index (κ1) is 50.4. The van der Waals surface area contributed by atoms with Crippen molar-refractivity contribution >= 4 is 39.6 Å². The smallest absolute Gasteiger partial charge is 0.259 e. The summed E-state index contributed by atoms with van der Waals surface area (Å²) in [6.45, 7) is 20.4. The molecule has 15 heteroatoms. The van der Waals surface area contributed by atoms with E-state index in [1.54, 1.807) is 17.9 Å². The lowest BCUT2D eigenvalue weighted by Gasteiger charge is -2.45. The molecule has 8 rings (SSSR count). The van der Waals surface area contributed by atoms with Crippen molar-refractivity contribution in [3.8, 4) is 0 Å². The van der Waals surface area contributed by atoms with E-state index >= 15 is 14.4 Å². The van der Waals surface area contributed by atoms with Crippen LogP contribution >= 0.6 is 0 Å². The molecule has 3 heterocycles. The Labute approximate surface area is 401 Å². The van der Waals surface area contributed by atoms with Gasteiger partial charge in [0.25, 0.3) is 5.91 Å². The molecule has 8 aliphatic rings. The van der Waals surface area contributed by atoms with Crippen LogP contribution in [0, 0.1) is 38.9 Å². The van der Waals surface area contributed by atoms with Gasteiger partial charge in [-0.3, -0.25) is 33.6 Å². The maximum Gasteiger partial charge on any atom is 0.259 e. The number of fused-ring (bicyclic) bond motifs is 1. The summed E-state index contributed by atoms with van der Waals surface area (Å²) < 4.78 is 35.8. The van der Waals surface area contributed by atoms with Gasteiger partial charge in [-0.1, -0.05) is 85.1 Å². The summed E-state index contributed by atoms with van der Waals surface area (Å²) in [6.07, 6.45) is 18.0. The molecule has 0 aromatic heterocycles. The Morgan fingerprint density at radius 3 is 1.91 bits per heavy atom. The maximum atomic E-state index is 15.9. The minimum absolute atomic E-state index is 0.0372. The monoisotopic (exact) mass is 953 g/mol. The number of carbonyl (C=O) groups is 5. The molecule has 8 atom stereocenters. The van der Waals surface area contributed by atoms with Crippen molar-refractivity contribution in [1.29, 1.82) is 0 Å². The molecule has 5 amide bonds. The molecule has 67 heavy (non-hydrogen) atoms. The van der Waals surface area contributed by atoms with Gasteiger partial charge in [-0.2, -0.15) is 0 Å². The third-order valence-electron chi connectivity index (χ3n) is 20.1. The molecule has 3 aliphatic heterocycles. The van der Waals surface area contributed by atoms with Gasteiger partial charge in [-0.15, -0.1) is 6.58 Å². The standard InChI is InChI=1S/C52H84N6O8S/c1-9-37-31-52(37,46(63)56-67(64,65)35(4)36-19-12-10-13-20-36)55-43(60)39-32-51(47(5,6)50(51)24-18-25-50)33-58(39)45(62)41(49(8)26-29-66-30-27-49)54-44(61)40(48(7)22-15-11-16-23-48)53-42(59)38-21-14-17-28-57(38)34(2)3/h9,34-41H,1,10-33H2,2-8H3,(H,53,59)(H,54,61)(H,55,60)(H,56,63). The van der Waals surface area contributed by atoms with E-state index in [4.69, 9.17) is 4.74 Å². The van der Waals surface area contributed by atoms with Crippen LogP contribution in [0.2, 0.25) is 0 Å². The second-order valence-electron chi connectivity index (χ2n) is 24.1. The lowest BCUT2D eigenvalue weighted by molar-refractivity contribution is -0.148. The van der Waals surface area contributed by atoms with Crippen molar-refractivity contribution in [3.05, 3.63) is 12.7 Å². The molecule has 376 valence electrons. The number of nitrogens with one attached hydrogen (secondary N) is 4. The number of nitrogens with zero attached hydrogens (tertiary/aromatic N) is 2. The average Bonchev–Trinajstić information content (AvgIpc) is 4.02. The predicted molar refractivity (Wildman–Crippen MR) is 258 cm³/mol. The molecule has 0 radical (unpaired) electrons. The molecule has 4 N–H and O–H groups in total. The van der Waals surface area contributed by atoms with Gasteiger partial charge in [0.2, 0.25) is 33.7 Å². The van der Waals surface area contributed by atoms with Gasteiger partial charge in [0.05, 0.1) is 11.3 Å². The molecular formula is C52H84N6O8S. The second kappa shape index (κ2) is 18.6. The van der Waals surface area contributed by atoms with Crippen molar-refractivity contribution in [2.45, 2.75) is 218 Å². The third kappa shape index (κ3) is 8.70. The Hall–Kier alpha value is -3.04. The number of hydrogen-bond donors (Lipinski definition) is 4. The number of hydrogen-bond acceptors (Lipinski definition) is 9. The fourth-order valence-electron chi connectivity index (χ4n) is 14.9. The molecule has 0 bridgehead atoms. The first-order chi connectivity index (χ1) is 31.6. The van der Waals surface area contributed by atoms with Crippen LogP contribution in [-0.2, 0) is 38.7 Å². The minimum atomic E-state index is -4.06. The number of sulfonamides is 1. The summed E-state index contributed by atoms with van der Waals surface area (Å²) in [5.41, 5.74) is -3.35. The molecule has 0 aromatic carbocycles. The number of likely N-dealkylation sites (tertiary alicyclic amines) is 2. The fourth-order valence-corrected chi connectivity index (χ4v) is 16.3. The van der Waals surface area contributed by atoms with Crippen molar-refractivity contribution in [1.82, 2.24) is 30.5 Å². The molecule has 5 aliphatic carbocycles. The number of ether oxygens (including phenoxy) is 1. The van der Waals surface area contributed by atoms with E-state index in [-0.39, 0.29) is 58.4 Å². The van der Waals surface area contributed by atoms with Gasteiger partial charge >= 0.3 is 0 Å². The molecule has 2 spiro atoms. The van der Waals surface area contributed by atoms with Gasteiger partial charge in [-0.05, 0) is 127 Å². The van der Waals surface area contributed by atoms with Gasteiger partial charge in [0.1, 0.15) is 23.7 Å². The quantitative estimate of drug-likeness (QED) is 0.137. The van der Waals surface area contributed by atoms with Crippen molar-refractivity contribution < 1.29 is 37.1 Å². The fraction of sp³-hybridized carbons (Fsp3) is 0.865. The maximum absolute atomic E-state index is 15.9. The van der Waals surface area contributed by atoms with E-state index < -0.39 is 67.5 Å². The zero-order valence-electron chi connectivity index (χ0n) is 41.9. The summed E-state index contributed by atoms with van der Waals surface area (Å²) >= 11 is 0. The highest BCUT2D eigenvalue weighted by molar-refractivity contribution is 7.90. The summed E-state index contributed by atoms with van der Waals surface area (Å²) in [7, 11) is -4.06. The highest BCUT2D eigenvalue weighted by Crippen LogP contribution is 2.88. The zero-order chi connectivity index (χ0) is 48.4. The molecule has 8 fully saturated rings. The van der Waals surface area contributed by atoms with E-state index in [1.807, 2.05) is 6.92 Å². The minimum Gasteiger partial charge on any atom is -0.381 e. The predicted octanol–water partition coefficient (Wildman–Crippen LogP) is 6.28. The normalized spacial score (nSPS) is 33.4. The molecule has 14 nitrogen and oxygen atoms in total. The Kier molecular flexibility index (Phi) is 14.0. The molecule has 5 saturated carbocycles. The van der Waals surface area contributed by atoms with Crippen LogP contribution in [0.5, 0.6) is 0 Å². The van der Waals surface area contributed by atoms with Crippen LogP contribution in [0.4, 0.5) is 0 Å². The van der Waals surface area contributed by atoms with Crippen LogP contribution in [0.1, 0.15) is 177 Å². The first-order valence-corrected chi connectivity index (χ1v) is 27.9. The number of piperidine rings is 1. The Morgan fingerprint density at radius 1 is 0.701 bits per heavy atom. The Bertz CT molecular complexity index is 2040. The summed E-state index contributed by atoms with van der Waals surface area (Å²) in [4.78, 5) is 78.9. The van der Waals surface area contributed by atoms with E-state index in [2.05, 4.69) is 66.8 Å². The first-order valence-electron chi connectivity index (χ1n) is 26.4. The molecule has 8 unspecified atom stereocenters. The van der Waals surface area contributed by atoms with Crippen LogP contribution in [0.25, 0.3) is 0 Å². The van der Waals surface area contributed by atoms with Crippen LogP contribution < -0.4 is 20.7 Å². The van der Waals surface area contributed by atoms with Gasteiger partial charge in [0.15, 0.2) is 0 Å². The molecular weight excluding hydrogens is 869 g/mol. The Balaban J connectivity index is 1.10.